The van der Waals surface area contributed by atoms with E-state index in [9.17, 15) is 0 Å². The lowest BCUT2D eigenvalue weighted by atomic mass is 10.2. The topological polar surface area (TPSA) is 53.5 Å². The lowest BCUT2D eigenvalue weighted by Crippen LogP contribution is -2.32. The predicted molar refractivity (Wildman–Crippen MR) is 107 cm³/mol. The Balaban J connectivity index is 1.63. The van der Waals surface area contributed by atoms with Crippen LogP contribution < -0.4 is 19.9 Å². The van der Waals surface area contributed by atoms with Gasteiger partial charge in [-0.25, -0.2) is 9.97 Å². The van der Waals surface area contributed by atoms with E-state index in [4.69, 9.17) is 16.3 Å². The Bertz CT molecular complexity index is 768. The van der Waals surface area contributed by atoms with Crippen LogP contribution in [0.2, 0.25) is 5.02 Å². The molecule has 1 unspecified atom stereocenters. The van der Waals surface area contributed by atoms with E-state index in [1.807, 2.05) is 50.2 Å². The molecule has 2 aromatic rings. The number of aromatic nitrogens is 2. The number of rotatable bonds is 6. The number of methoxy groups -OCH3 is 1. The standard InChI is InChI=1S/C19H26ClN5O/c1-13-9-16(23-19(22-13)24(2)3)11-21-15-7-8-25(12-15)17-10-14(20)5-6-18(17)26-4/h5-6,9-10,15,21H,7-8,11-12H2,1-4H3. The Labute approximate surface area is 160 Å². The Morgan fingerprint density at radius 2 is 2.12 bits per heavy atom. The van der Waals surface area contributed by atoms with E-state index < -0.39 is 0 Å². The molecule has 26 heavy (non-hydrogen) atoms. The molecule has 1 N–H and O–H groups in total. The molecule has 0 spiro atoms. The molecule has 0 aliphatic carbocycles. The number of hydrogen-bond donors (Lipinski definition) is 1. The molecule has 6 nitrogen and oxygen atoms in total. The molecule has 1 aliphatic heterocycles. The molecule has 0 saturated carbocycles. The maximum Gasteiger partial charge on any atom is 0.225 e. The van der Waals surface area contributed by atoms with Crippen LogP contribution in [0.1, 0.15) is 17.8 Å². The summed E-state index contributed by atoms with van der Waals surface area (Å²) in [6.07, 6.45) is 1.07. The third-order valence-electron chi connectivity index (χ3n) is 4.54. The van der Waals surface area contributed by atoms with Crippen LogP contribution in [0.4, 0.5) is 11.6 Å². The van der Waals surface area contributed by atoms with Crippen molar-refractivity contribution in [1.82, 2.24) is 15.3 Å². The second-order valence-electron chi connectivity index (χ2n) is 6.82. The molecule has 1 fully saturated rings. The number of anilines is 2. The van der Waals surface area contributed by atoms with Gasteiger partial charge in [0.25, 0.3) is 0 Å². The van der Waals surface area contributed by atoms with Crippen LogP contribution in [0.25, 0.3) is 0 Å². The van der Waals surface area contributed by atoms with E-state index in [-0.39, 0.29) is 0 Å². The van der Waals surface area contributed by atoms with Crippen molar-refractivity contribution in [3.63, 3.8) is 0 Å². The van der Waals surface area contributed by atoms with E-state index >= 15 is 0 Å². The molecule has 0 bridgehead atoms. The van der Waals surface area contributed by atoms with Gasteiger partial charge in [-0.2, -0.15) is 0 Å². The van der Waals surface area contributed by atoms with Crippen molar-refractivity contribution < 1.29 is 4.74 Å². The Morgan fingerprint density at radius 1 is 1.31 bits per heavy atom. The summed E-state index contributed by atoms with van der Waals surface area (Å²) in [5.41, 5.74) is 3.05. The summed E-state index contributed by atoms with van der Waals surface area (Å²) < 4.78 is 5.48. The molecule has 3 rings (SSSR count). The molecule has 0 radical (unpaired) electrons. The lowest BCUT2D eigenvalue weighted by Gasteiger charge is -2.22. The van der Waals surface area contributed by atoms with Gasteiger partial charge in [0.15, 0.2) is 0 Å². The van der Waals surface area contributed by atoms with Gasteiger partial charge in [0, 0.05) is 50.5 Å². The van der Waals surface area contributed by atoms with Crippen LogP contribution in [0.3, 0.4) is 0 Å². The summed E-state index contributed by atoms with van der Waals surface area (Å²) in [4.78, 5) is 13.3. The minimum atomic E-state index is 0.400. The van der Waals surface area contributed by atoms with Gasteiger partial charge in [0.1, 0.15) is 5.75 Å². The van der Waals surface area contributed by atoms with E-state index in [1.54, 1.807) is 7.11 Å². The van der Waals surface area contributed by atoms with Gasteiger partial charge in [-0.05, 0) is 37.6 Å². The van der Waals surface area contributed by atoms with Crippen LogP contribution in [0, 0.1) is 6.92 Å². The van der Waals surface area contributed by atoms with Gasteiger partial charge in [-0.15, -0.1) is 0 Å². The normalized spacial score (nSPS) is 16.8. The smallest absolute Gasteiger partial charge is 0.225 e. The van der Waals surface area contributed by atoms with Gasteiger partial charge >= 0.3 is 0 Å². The first-order chi connectivity index (χ1) is 12.5. The average Bonchev–Trinajstić information content (AvgIpc) is 3.08. The minimum Gasteiger partial charge on any atom is -0.495 e. The number of benzene rings is 1. The third kappa shape index (κ3) is 4.37. The average molecular weight is 376 g/mol. The molecule has 1 atom stereocenters. The molecule has 7 heteroatoms. The fourth-order valence-electron chi connectivity index (χ4n) is 3.21. The number of ether oxygens (including phenoxy) is 1. The Kier molecular flexibility index (Phi) is 5.84. The Hall–Kier alpha value is -2.05. The maximum absolute atomic E-state index is 6.17. The summed E-state index contributed by atoms with van der Waals surface area (Å²) in [5.74, 6) is 1.61. The Morgan fingerprint density at radius 3 is 2.85 bits per heavy atom. The summed E-state index contributed by atoms with van der Waals surface area (Å²) in [6.45, 7) is 4.62. The van der Waals surface area contributed by atoms with Crippen molar-refractivity contribution in [3.05, 3.63) is 40.7 Å². The molecular weight excluding hydrogens is 350 g/mol. The van der Waals surface area contributed by atoms with Crippen molar-refractivity contribution in [2.24, 2.45) is 0 Å². The van der Waals surface area contributed by atoms with Crippen LogP contribution in [0.5, 0.6) is 5.75 Å². The lowest BCUT2D eigenvalue weighted by molar-refractivity contribution is 0.414. The van der Waals surface area contributed by atoms with Crippen molar-refractivity contribution in [2.75, 3.05) is 44.1 Å². The van der Waals surface area contributed by atoms with Crippen molar-refractivity contribution in [2.45, 2.75) is 25.9 Å². The largest absolute Gasteiger partial charge is 0.495 e. The SMILES string of the molecule is COc1ccc(Cl)cc1N1CCC(NCc2cc(C)nc(N(C)C)n2)C1. The number of nitrogens with one attached hydrogen (secondary N) is 1. The van der Waals surface area contributed by atoms with Crippen LogP contribution in [-0.2, 0) is 6.54 Å². The van der Waals surface area contributed by atoms with Crippen molar-refractivity contribution in [3.8, 4) is 5.75 Å². The van der Waals surface area contributed by atoms with Gasteiger partial charge < -0.3 is 19.9 Å². The van der Waals surface area contributed by atoms with Crippen molar-refractivity contribution in [1.29, 1.82) is 0 Å². The summed E-state index contributed by atoms with van der Waals surface area (Å²) in [6, 6.07) is 8.18. The number of nitrogens with zero attached hydrogens (tertiary/aromatic N) is 4. The van der Waals surface area contributed by atoms with Crippen LogP contribution >= 0.6 is 11.6 Å². The minimum absolute atomic E-state index is 0.400. The molecule has 1 aromatic carbocycles. The van der Waals surface area contributed by atoms with E-state index in [1.165, 1.54) is 0 Å². The highest BCUT2D eigenvalue weighted by Gasteiger charge is 2.24. The fraction of sp³-hybridized carbons (Fsp3) is 0.474. The van der Waals surface area contributed by atoms with Crippen molar-refractivity contribution >= 4 is 23.2 Å². The zero-order chi connectivity index (χ0) is 18.7. The third-order valence-corrected chi connectivity index (χ3v) is 4.77. The molecule has 0 amide bonds. The van der Waals surface area contributed by atoms with Gasteiger partial charge in [0.05, 0.1) is 18.5 Å². The highest BCUT2D eigenvalue weighted by molar-refractivity contribution is 6.30. The summed E-state index contributed by atoms with van der Waals surface area (Å²) in [7, 11) is 5.61. The van der Waals surface area contributed by atoms with E-state index in [0.717, 1.165) is 59.9 Å². The molecule has 2 heterocycles. The quantitative estimate of drug-likeness (QED) is 0.837. The number of aryl methyl sites for hydroxylation is 1. The highest BCUT2D eigenvalue weighted by atomic mass is 35.5. The molecular formula is C19H26ClN5O. The number of hydrogen-bond acceptors (Lipinski definition) is 6. The maximum atomic E-state index is 6.17. The summed E-state index contributed by atoms with van der Waals surface area (Å²) in [5, 5.41) is 4.35. The fourth-order valence-corrected chi connectivity index (χ4v) is 3.38. The summed E-state index contributed by atoms with van der Waals surface area (Å²) >= 11 is 6.17. The first-order valence-corrected chi connectivity index (χ1v) is 9.18. The zero-order valence-electron chi connectivity index (χ0n) is 15.8. The predicted octanol–water partition coefficient (Wildman–Crippen LogP) is 2.88. The van der Waals surface area contributed by atoms with Gasteiger partial charge in [-0.1, -0.05) is 11.6 Å². The first-order valence-electron chi connectivity index (χ1n) is 8.80. The van der Waals surface area contributed by atoms with E-state index in [0.29, 0.717) is 6.04 Å². The monoisotopic (exact) mass is 375 g/mol. The van der Waals surface area contributed by atoms with Crippen LogP contribution in [-0.4, -0.2) is 50.3 Å². The van der Waals surface area contributed by atoms with Gasteiger partial charge in [-0.3, -0.25) is 0 Å². The molecule has 140 valence electrons. The second kappa shape index (κ2) is 8.10. The zero-order valence-corrected chi connectivity index (χ0v) is 16.5. The first kappa shape index (κ1) is 18.7. The molecule has 1 saturated heterocycles. The number of halogens is 1. The molecule has 1 aromatic heterocycles. The van der Waals surface area contributed by atoms with Crippen LogP contribution in [0.15, 0.2) is 24.3 Å². The highest BCUT2D eigenvalue weighted by Crippen LogP contribution is 2.33. The molecule has 1 aliphatic rings. The van der Waals surface area contributed by atoms with Gasteiger partial charge in [0.2, 0.25) is 5.95 Å². The second-order valence-corrected chi connectivity index (χ2v) is 7.26. The van der Waals surface area contributed by atoms with E-state index in [2.05, 4.69) is 20.2 Å².